The molecule has 0 fully saturated rings. The van der Waals surface area contributed by atoms with E-state index in [1.54, 1.807) is 0 Å². The van der Waals surface area contributed by atoms with Crippen LogP contribution in [0.2, 0.25) is 0 Å². The van der Waals surface area contributed by atoms with Crippen LogP contribution in [0.15, 0.2) is 22.4 Å². The van der Waals surface area contributed by atoms with Gasteiger partial charge in [-0.1, -0.05) is 11.8 Å². The molecule has 1 aromatic carbocycles. The topological polar surface area (TPSA) is 87.7 Å². The highest BCUT2D eigenvalue weighted by molar-refractivity contribution is 8.02. The number of thioether (sulfide) groups is 1. The van der Waals surface area contributed by atoms with E-state index in [0.29, 0.717) is 12.1 Å². The van der Waals surface area contributed by atoms with E-state index in [9.17, 15) is 22.4 Å². The molecule has 3 N–H and O–H groups in total. The SMILES string of the molecule is NS(=O)(=O)c1cc(F)c(C2=CSC[NH+]2[O-])cc1F. The monoisotopic (exact) mass is 294 g/mol. The zero-order valence-electron chi connectivity index (χ0n) is 8.81. The quantitative estimate of drug-likeness (QED) is 0.751. The number of sulfonamides is 1. The van der Waals surface area contributed by atoms with Crippen LogP contribution in [0.25, 0.3) is 5.70 Å². The molecule has 5 nitrogen and oxygen atoms in total. The smallest absolute Gasteiger partial charge is 0.241 e. The number of halogens is 2. The number of rotatable bonds is 2. The fourth-order valence-corrected chi connectivity index (χ4v) is 2.92. The highest BCUT2D eigenvalue weighted by Crippen LogP contribution is 2.24. The molecular formula is C9H8F2N2O3S2. The molecule has 1 atom stereocenters. The van der Waals surface area contributed by atoms with Gasteiger partial charge in [0.25, 0.3) is 0 Å². The van der Waals surface area contributed by atoms with Crippen LogP contribution in [0.5, 0.6) is 0 Å². The summed E-state index contributed by atoms with van der Waals surface area (Å²) >= 11 is 1.17. The van der Waals surface area contributed by atoms with Crippen molar-refractivity contribution in [3.8, 4) is 0 Å². The van der Waals surface area contributed by atoms with Crippen LogP contribution in [-0.2, 0) is 10.0 Å². The summed E-state index contributed by atoms with van der Waals surface area (Å²) in [5, 5.41) is 17.2. The molecule has 0 bridgehead atoms. The van der Waals surface area contributed by atoms with E-state index in [0.717, 1.165) is 0 Å². The van der Waals surface area contributed by atoms with Gasteiger partial charge in [-0.25, -0.2) is 22.3 Å². The summed E-state index contributed by atoms with van der Waals surface area (Å²) in [7, 11) is -4.33. The lowest BCUT2D eigenvalue weighted by Crippen LogP contribution is -3.02. The van der Waals surface area contributed by atoms with Crippen molar-refractivity contribution in [3.63, 3.8) is 0 Å². The van der Waals surface area contributed by atoms with Crippen LogP contribution < -0.4 is 10.2 Å². The van der Waals surface area contributed by atoms with Crippen LogP contribution in [0, 0.1) is 16.8 Å². The zero-order chi connectivity index (χ0) is 13.5. The molecule has 98 valence electrons. The Morgan fingerprint density at radius 1 is 1.33 bits per heavy atom. The summed E-state index contributed by atoms with van der Waals surface area (Å²) in [4.78, 5) is -0.928. The fraction of sp³-hybridized carbons (Fsp3) is 0.111. The first-order chi connectivity index (χ1) is 8.30. The number of hydrogen-bond donors (Lipinski definition) is 2. The standard InChI is InChI=1S/C9H8F2N2O3S2/c10-6-2-9(18(12,15)16)7(11)1-5(6)8-3-17-4-13(8)14/h1-3,13H,4H2,(H2,12,15,16). The number of hydrogen-bond acceptors (Lipinski definition) is 4. The van der Waals surface area contributed by atoms with Gasteiger partial charge in [0.1, 0.15) is 28.1 Å². The van der Waals surface area contributed by atoms with Crippen LogP contribution >= 0.6 is 11.8 Å². The number of hydroxylamine groups is 2. The van der Waals surface area contributed by atoms with Crippen LogP contribution in [-0.4, -0.2) is 14.3 Å². The van der Waals surface area contributed by atoms with Gasteiger partial charge in [-0.05, 0) is 12.1 Å². The van der Waals surface area contributed by atoms with Crippen molar-refractivity contribution in [1.29, 1.82) is 0 Å². The minimum atomic E-state index is -4.33. The molecule has 0 amide bonds. The maximum absolute atomic E-state index is 13.7. The lowest BCUT2D eigenvalue weighted by molar-refractivity contribution is -0.750. The van der Waals surface area contributed by atoms with Gasteiger partial charge in [0, 0.05) is 5.41 Å². The van der Waals surface area contributed by atoms with E-state index in [2.05, 4.69) is 0 Å². The van der Waals surface area contributed by atoms with Crippen molar-refractivity contribution in [2.75, 3.05) is 5.88 Å². The molecule has 1 aromatic rings. The molecule has 18 heavy (non-hydrogen) atoms. The van der Waals surface area contributed by atoms with Crippen molar-refractivity contribution < 1.29 is 22.3 Å². The number of nitrogens with one attached hydrogen (secondary N) is 1. The molecule has 0 spiro atoms. The van der Waals surface area contributed by atoms with Crippen molar-refractivity contribution in [3.05, 3.63) is 39.9 Å². The van der Waals surface area contributed by atoms with Crippen molar-refractivity contribution in [2.24, 2.45) is 5.14 Å². The summed E-state index contributed by atoms with van der Waals surface area (Å²) in [6, 6.07) is 1.15. The summed E-state index contributed by atoms with van der Waals surface area (Å²) in [6.07, 6.45) is 0. The van der Waals surface area contributed by atoms with Crippen LogP contribution in [0.4, 0.5) is 8.78 Å². The van der Waals surface area contributed by atoms with E-state index < -0.39 is 26.6 Å². The predicted molar refractivity (Wildman–Crippen MR) is 62.5 cm³/mol. The van der Waals surface area contributed by atoms with Gasteiger partial charge in [0.15, 0.2) is 0 Å². The molecule has 1 heterocycles. The normalized spacial score (nSPS) is 20.0. The van der Waals surface area contributed by atoms with E-state index in [1.807, 2.05) is 0 Å². The molecule has 0 radical (unpaired) electrons. The Labute approximate surface area is 106 Å². The summed E-state index contributed by atoms with van der Waals surface area (Å²) in [6.45, 7) is 0. The maximum atomic E-state index is 13.7. The highest BCUT2D eigenvalue weighted by atomic mass is 32.2. The Kier molecular flexibility index (Phi) is 3.43. The molecule has 0 aliphatic carbocycles. The van der Waals surface area contributed by atoms with Gasteiger partial charge in [-0.15, -0.1) is 0 Å². The Hall–Kier alpha value is -1.00. The molecule has 0 aromatic heterocycles. The number of quaternary nitrogens is 1. The van der Waals surface area contributed by atoms with Crippen LogP contribution in [0.1, 0.15) is 5.56 Å². The summed E-state index contributed by atoms with van der Waals surface area (Å²) in [5.74, 6) is -2.02. The van der Waals surface area contributed by atoms with Gasteiger partial charge in [-0.2, -0.15) is 0 Å². The van der Waals surface area contributed by atoms with E-state index >= 15 is 0 Å². The first-order valence-corrected chi connectivity index (χ1v) is 7.27. The second-order valence-corrected chi connectivity index (χ2v) is 5.96. The minimum absolute atomic E-state index is 0.0392. The molecule has 0 saturated carbocycles. The van der Waals surface area contributed by atoms with Crippen molar-refractivity contribution in [1.82, 2.24) is 0 Å². The number of nitrogens with two attached hydrogens (primary N) is 1. The number of primary sulfonamides is 1. The van der Waals surface area contributed by atoms with Gasteiger partial charge < -0.3 is 10.3 Å². The molecule has 9 heteroatoms. The third-order valence-electron chi connectivity index (χ3n) is 2.33. The van der Waals surface area contributed by atoms with Gasteiger partial charge in [-0.3, -0.25) is 0 Å². The van der Waals surface area contributed by atoms with E-state index in [1.165, 1.54) is 17.2 Å². The average molecular weight is 294 g/mol. The largest absolute Gasteiger partial charge is 0.628 e. The Morgan fingerprint density at radius 2 is 2.00 bits per heavy atom. The van der Waals surface area contributed by atoms with E-state index in [4.69, 9.17) is 5.14 Å². The van der Waals surface area contributed by atoms with Gasteiger partial charge in [0.05, 0.1) is 5.56 Å². The summed E-state index contributed by atoms with van der Waals surface area (Å²) < 4.78 is 49.2. The lowest BCUT2D eigenvalue weighted by atomic mass is 10.1. The lowest BCUT2D eigenvalue weighted by Gasteiger charge is -2.18. The van der Waals surface area contributed by atoms with E-state index in [-0.39, 0.29) is 22.2 Å². The Morgan fingerprint density at radius 3 is 2.50 bits per heavy atom. The van der Waals surface area contributed by atoms with Crippen LogP contribution in [0.3, 0.4) is 0 Å². The first-order valence-electron chi connectivity index (χ1n) is 4.68. The number of benzene rings is 1. The highest BCUT2D eigenvalue weighted by Gasteiger charge is 2.24. The second-order valence-electron chi connectivity index (χ2n) is 3.57. The molecule has 1 aliphatic heterocycles. The third-order valence-corrected chi connectivity index (χ3v) is 4.09. The summed E-state index contributed by atoms with van der Waals surface area (Å²) in [5.41, 5.74) is -0.215. The second kappa shape index (κ2) is 4.59. The maximum Gasteiger partial charge on any atom is 0.241 e. The molecular weight excluding hydrogens is 286 g/mol. The third kappa shape index (κ3) is 2.40. The minimum Gasteiger partial charge on any atom is -0.628 e. The zero-order valence-corrected chi connectivity index (χ0v) is 10.4. The van der Waals surface area contributed by atoms with Crippen molar-refractivity contribution >= 4 is 27.5 Å². The average Bonchev–Trinajstić information content (AvgIpc) is 2.66. The Balaban J connectivity index is 2.57. The Bertz CT molecular complexity index is 631. The molecule has 0 saturated heterocycles. The molecule has 2 rings (SSSR count). The van der Waals surface area contributed by atoms with Gasteiger partial charge in [0.2, 0.25) is 10.0 Å². The first kappa shape index (κ1) is 13.4. The molecule has 1 aliphatic rings. The van der Waals surface area contributed by atoms with Gasteiger partial charge >= 0.3 is 0 Å². The molecule has 1 unspecified atom stereocenters. The van der Waals surface area contributed by atoms with Crippen molar-refractivity contribution in [2.45, 2.75) is 4.90 Å². The predicted octanol–water partition coefficient (Wildman–Crippen LogP) is -0.00240. The fourth-order valence-electron chi connectivity index (χ4n) is 1.51.